The molecule has 0 unspecified atom stereocenters. The van der Waals surface area contributed by atoms with Gasteiger partial charge in [0.2, 0.25) is 11.8 Å². The number of piperazine rings is 1. The number of nitrogens with zero attached hydrogens (tertiary/aromatic N) is 6. The Morgan fingerprint density at radius 2 is 1.82 bits per heavy atom. The van der Waals surface area contributed by atoms with Gasteiger partial charge in [0.1, 0.15) is 11.3 Å². The highest BCUT2D eigenvalue weighted by atomic mass is 19.1. The van der Waals surface area contributed by atoms with Crippen LogP contribution in [0.25, 0.3) is 32.9 Å². The number of halogens is 1. The predicted octanol–water partition coefficient (Wildman–Crippen LogP) is 5.66. The summed E-state index contributed by atoms with van der Waals surface area (Å²) in [6, 6.07) is 14.4. The summed E-state index contributed by atoms with van der Waals surface area (Å²) in [5.41, 5.74) is 4.05. The van der Waals surface area contributed by atoms with Crippen molar-refractivity contribution in [1.82, 2.24) is 19.8 Å². The zero-order valence-corrected chi connectivity index (χ0v) is 25.5. The monoisotopic (exact) mass is 592 g/mol. The lowest BCUT2D eigenvalue weighted by atomic mass is 9.95. The van der Waals surface area contributed by atoms with Crippen molar-refractivity contribution in [3.63, 3.8) is 0 Å². The van der Waals surface area contributed by atoms with Crippen molar-refractivity contribution in [3.8, 4) is 35.4 Å². The molecule has 4 heterocycles. The van der Waals surface area contributed by atoms with E-state index in [1.807, 2.05) is 30.3 Å². The van der Waals surface area contributed by atoms with Gasteiger partial charge in [0, 0.05) is 56.3 Å². The molecule has 2 aromatic heterocycles. The number of carbonyl (C=O) groups is 1. The lowest BCUT2D eigenvalue weighted by Gasteiger charge is -2.36. The quantitative estimate of drug-likeness (QED) is 0.224. The Labute approximate surface area is 258 Å². The van der Waals surface area contributed by atoms with Gasteiger partial charge in [0.05, 0.1) is 29.9 Å². The fraction of sp³-hybridized carbons (Fsp3) is 0.314. The summed E-state index contributed by atoms with van der Waals surface area (Å²) in [6.45, 7) is 10.1. The van der Waals surface area contributed by atoms with Crippen LogP contribution >= 0.6 is 0 Å². The van der Waals surface area contributed by atoms with Gasteiger partial charge in [-0.05, 0) is 62.1 Å². The number of likely N-dealkylation sites (tertiary alicyclic amines) is 1. The summed E-state index contributed by atoms with van der Waals surface area (Å²) in [7, 11) is 3.75. The van der Waals surface area contributed by atoms with Crippen LogP contribution in [-0.2, 0) is 4.79 Å². The number of benzene rings is 2. The van der Waals surface area contributed by atoms with Crippen molar-refractivity contribution in [1.29, 1.82) is 5.26 Å². The summed E-state index contributed by atoms with van der Waals surface area (Å²) in [5.74, 6) is 2.46. The molecule has 0 atom stereocenters. The average molecular weight is 593 g/mol. The molecule has 0 radical (unpaired) electrons. The number of rotatable bonds is 4. The highest BCUT2D eigenvalue weighted by Gasteiger charge is 2.23. The Morgan fingerprint density at radius 3 is 2.41 bits per heavy atom. The molecule has 0 N–H and O–H groups in total. The van der Waals surface area contributed by atoms with E-state index in [-0.39, 0.29) is 11.5 Å². The summed E-state index contributed by atoms with van der Waals surface area (Å²) in [5, 5.41) is 8.84. The Bertz CT molecular complexity index is 1730. The van der Waals surface area contributed by atoms with Crippen molar-refractivity contribution < 1.29 is 13.9 Å². The number of anilines is 1. The first-order chi connectivity index (χ1) is 21.3. The molecule has 8 nitrogen and oxygen atoms in total. The van der Waals surface area contributed by atoms with E-state index in [1.54, 1.807) is 30.3 Å². The standard InChI is InChI=1S/C28H23FN4O2.C5H11N.C2H3N/c1-4-20-22(29)10-9-18-7-6-8-21(27(18)20)19-15-23-28(30-17-19)24(16-25(31-23)35-3)32-11-13-33(14-12-32)26(34)5-2;1-6-4-2-3-5-6;1-2-3/h1,5-10,15-17H,2,11-14H2,3H3;2-5H2,1H3;1H3. The van der Waals surface area contributed by atoms with E-state index in [0.717, 1.165) is 27.7 Å². The van der Waals surface area contributed by atoms with Gasteiger partial charge in [-0.15, -0.1) is 6.42 Å². The van der Waals surface area contributed by atoms with Gasteiger partial charge < -0.3 is 19.4 Å². The second kappa shape index (κ2) is 15.0. The first-order valence-electron chi connectivity index (χ1n) is 14.5. The lowest BCUT2D eigenvalue weighted by Crippen LogP contribution is -2.48. The largest absolute Gasteiger partial charge is 0.481 e. The third-order valence-electron chi connectivity index (χ3n) is 7.70. The minimum Gasteiger partial charge on any atom is -0.481 e. The van der Waals surface area contributed by atoms with Crippen molar-refractivity contribution >= 4 is 33.4 Å². The van der Waals surface area contributed by atoms with Gasteiger partial charge in [-0.2, -0.15) is 5.26 Å². The van der Waals surface area contributed by atoms with Crippen LogP contribution in [0.15, 0.2) is 61.3 Å². The van der Waals surface area contributed by atoms with Gasteiger partial charge in [-0.3, -0.25) is 9.78 Å². The number of pyridine rings is 2. The number of fused-ring (bicyclic) bond motifs is 2. The first kappa shape index (κ1) is 31.9. The highest BCUT2D eigenvalue weighted by molar-refractivity contribution is 6.02. The van der Waals surface area contributed by atoms with Crippen LogP contribution in [-0.4, -0.2) is 79.1 Å². The van der Waals surface area contributed by atoms with Gasteiger partial charge in [0.15, 0.2) is 0 Å². The van der Waals surface area contributed by atoms with Crippen molar-refractivity contribution in [2.45, 2.75) is 19.8 Å². The van der Waals surface area contributed by atoms with E-state index < -0.39 is 5.82 Å². The average Bonchev–Trinajstić information content (AvgIpc) is 3.54. The molecule has 0 aliphatic carbocycles. The summed E-state index contributed by atoms with van der Waals surface area (Å²) < 4.78 is 20.0. The van der Waals surface area contributed by atoms with Crippen LogP contribution in [0.3, 0.4) is 0 Å². The minimum absolute atomic E-state index is 0.0672. The van der Waals surface area contributed by atoms with Gasteiger partial charge >= 0.3 is 0 Å². The van der Waals surface area contributed by atoms with Gasteiger partial charge in [-0.25, -0.2) is 9.37 Å². The zero-order chi connectivity index (χ0) is 31.6. The number of amides is 1. The van der Waals surface area contributed by atoms with Crippen LogP contribution in [0.4, 0.5) is 10.1 Å². The number of ether oxygens (including phenoxy) is 1. The molecule has 0 spiro atoms. The van der Waals surface area contributed by atoms with E-state index in [4.69, 9.17) is 21.4 Å². The number of terminal acetylenes is 1. The van der Waals surface area contributed by atoms with Gasteiger partial charge in [-0.1, -0.05) is 36.8 Å². The molecular formula is C35H37FN6O2. The molecule has 4 aromatic rings. The number of hydrogen-bond donors (Lipinski definition) is 0. The first-order valence-corrected chi connectivity index (χ1v) is 14.5. The van der Waals surface area contributed by atoms with Crippen LogP contribution in [0.5, 0.6) is 5.88 Å². The molecule has 9 heteroatoms. The number of hydrogen-bond acceptors (Lipinski definition) is 7. The van der Waals surface area contributed by atoms with Crippen LogP contribution in [0.2, 0.25) is 0 Å². The highest BCUT2D eigenvalue weighted by Crippen LogP contribution is 2.35. The Morgan fingerprint density at radius 1 is 1.11 bits per heavy atom. The second-order valence-electron chi connectivity index (χ2n) is 10.5. The smallest absolute Gasteiger partial charge is 0.246 e. The van der Waals surface area contributed by atoms with Gasteiger partial charge in [0.25, 0.3) is 0 Å². The Balaban J connectivity index is 0.000000427. The fourth-order valence-corrected chi connectivity index (χ4v) is 5.47. The Kier molecular flexibility index (Phi) is 10.9. The van der Waals surface area contributed by atoms with Crippen molar-refractivity contribution in [2.24, 2.45) is 0 Å². The molecule has 2 fully saturated rings. The summed E-state index contributed by atoms with van der Waals surface area (Å²) in [6.07, 6.45) is 11.6. The maximum absolute atomic E-state index is 14.5. The number of nitriles is 1. The van der Waals surface area contributed by atoms with Crippen LogP contribution in [0.1, 0.15) is 25.3 Å². The fourth-order valence-electron chi connectivity index (χ4n) is 5.47. The molecule has 2 aromatic carbocycles. The normalized spacial score (nSPS) is 14.5. The predicted molar refractivity (Wildman–Crippen MR) is 174 cm³/mol. The van der Waals surface area contributed by atoms with Crippen LogP contribution in [0, 0.1) is 29.5 Å². The third-order valence-corrected chi connectivity index (χ3v) is 7.70. The second-order valence-corrected chi connectivity index (χ2v) is 10.5. The Hall–Kier alpha value is -4.99. The molecule has 44 heavy (non-hydrogen) atoms. The molecule has 2 aliphatic rings. The van der Waals surface area contributed by atoms with Crippen molar-refractivity contribution in [2.75, 3.05) is 58.3 Å². The topological polar surface area (TPSA) is 85.6 Å². The molecule has 1 amide bonds. The molecule has 2 saturated heterocycles. The van der Waals surface area contributed by atoms with E-state index in [2.05, 4.69) is 34.3 Å². The van der Waals surface area contributed by atoms with E-state index >= 15 is 0 Å². The molecule has 6 rings (SSSR count). The van der Waals surface area contributed by atoms with Crippen molar-refractivity contribution in [3.05, 3.63) is 72.7 Å². The molecular weight excluding hydrogens is 555 g/mol. The maximum Gasteiger partial charge on any atom is 0.246 e. The molecule has 2 aliphatic heterocycles. The number of carbonyl (C=O) groups excluding carboxylic acids is 1. The number of aromatic nitrogens is 2. The third kappa shape index (κ3) is 7.14. The molecule has 226 valence electrons. The minimum atomic E-state index is -0.433. The van der Waals surface area contributed by atoms with E-state index in [9.17, 15) is 9.18 Å². The number of methoxy groups -OCH3 is 1. The SMILES string of the molecule is C#Cc1c(F)ccc2cccc(-c3cnc4c(N5CCN(C(=O)C=C)CC5)cc(OC)nc4c3)c12.CC#N.CN1CCCC1. The summed E-state index contributed by atoms with van der Waals surface area (Å²) in [4.78, 5) is 27.7. The zero-order valence-electron chi connectivity index (χ0n) is 25.5. The molecule has 0 saturated carbocycles. The van der Waals surface area contributed by atoms with E-state index in [0.29, 0.717) is 43.0 Å². The maximum atomic E-state index is 14.5. The summed E-state index contributed by atoms with van der Waals surface area (Å²) >= 11 is 0. The lowest BCUT2D eigenvalue weighted by molar-refractivity contribution is -0.126. The molecule has 0 bridgehead atoms. The van der Waals surface area contributed by atoms with Crippen LogP contribution < -0.4 is 9.64 Å². The van der Waals surface area contributed by atoms with E-state index in [1.165, 1.54) is 45.0 Å².